The highest BCUT2D eigenvalue weighted by Crippen LogP contribution is 2.30. The van der Waals surface area contributed by atoms with E-state index in [-0.39, 0.29) is 17.7 Å². The number of aromatic nitrogens is 3. The smallest absolute Gasteiger partial charge is 0.412 e. The molecule has 0 bridgehead atoms. The van der Waals surface area contributed by atoms with Crippen LogP contribution in [0.5, 0.6) is 6.01 Å². The van der Waals surface area contributed by atoms with E-state index in [9.17, 15) is 9.59 Å². The van der Waals surface area contributed by atoms with Crippen LogP contribution in [0, 0.1) is 6.92 Å². The van der Waals surface area contributed by atoms with Gasteiger partial charge in [-0.05, 0) is 33.8 Å². The van der Waals surface area contributed by atoms with Crippen molar-refractivity contribution in [2.45, 2.75) is 40.2 Å². The lowest BCUT2D eigenvalue weighted by Crippen LogP contribution is -2.27. The molecule has 0 aromatic carbocycles. The number of rotatable bonds is 4. The van der Waals surface area contributed by atoms with Gasteiger partial charge in [-0.2, -0.15) is 4.98 Å². The fourth-order valence-electron chi connectivity index (χ4n) is 2.20. The van der Waals surface area contributed by atoms with Gasteiger partial charge in [0.1, 0.15) is 11.4 Å². The zero-order valence-electron chi connectivity index (χ0n) is 16.2. The van der Waals surface area contributed by atoms with Gasteiger partial charge < -0.3 is 14.8 Å². The van der Waals surface area contributed by atoms with E-state index in [4.69, 9.17) is 9.47 Å². The van der Waals surface area contributed by atoms with Crippen LogP contribution in [0.2, 0.25) is 0 Å². The number of nitrogens with zero attached hydrogens (tertiary/aromatic N) is 3. The number of nitrogens with one attached hydrogen (secondary N) is 2. The summed E-state index contributed by atoms with van der Waals surface area (Å²) < 4.78 is 10.4. The van der Waals surface area contributed by atoms with Crippen molar-refractivity contribution >= 4 is 23.5 Å². The first-order chi connectivity index (χ1) is 12.6. The van der Waals surface area contributed by atoms with Gasteiger partial charge >= 0.3 is 12.1 Å². The quantitative estimate of drug-likeness (QED) is 0.845. The zero-order chi connectivity index (χ0) is 20.2. The highest BCUT2D eigenvalue weighted by Gasteiger charge is 2.19. The van der Waals surface area contributed by atoms with Crippen LogP contribution in [0.3, 0.4) is 0 Å². The minimum Gasteiger partial charge on any atom is -0.467 e. The number of carbonyl (C=O) groups excluding carboxylic acids is 2. The predicted octanol–water partition coefficient (Wildman–Crippen LogP) is 3.16. The van der Waals surface area contributed by atoms with Crippen molar-refractivity contribution in [1.82, 2.24) is 15.0 Å². The zero-order valence-corrected chi connectivity index (χ0v) is 16.2. The second kappa shape index (κ2) is 7.98. The van der Waals surface area contributed by atoms with E-state index in [0.717, 1.165) is 0 Å². The molecule has 144 valence electrons. The van der Waals surface area contributed by atoms with E-state index < -0.39 is 11.7 Å². The molecule has 2 N–H and O–H groups in total. The molecular weight excluding hydrogens is 350 g/mol. The van der Waals surface area contributed by atoms with Crippen LogP contribution in [0.25, 0.3) is 11.3 Å². The van der Waals surface area contributed by atoms with Gasteiger partial charge in [0.2, 0.25) is 5.91 Å². The van der Waals surface area contributed by atoms with Gasteiger partial charge in [-0.1, -0.05) is 0 Å². The van der Waals surface area contributed by atoms with Crippen molar-refractivity contribution in [3.05, 3.63) is 24.0 Å². The second-order valence-corrected chi connectivity index (χ2v) is 6.80. The van der Waals surface area contributed by atoms with Gasteiger partial charge in [0.15, 0.2) is 0 Å². The number of ether oxygens (including phenoxy) is 2. The lowest BCUT2D eigenvalue weighted by atomic mass is 10.1. The van der Waals surface area contributed by atoms with E-state index in [0.29, 0.717) is 22.6 Å². The summed E-state index contributed by atoms with van der Waals surface area (Å²) in [4.78, 5) is 36.2. The minimum atomic E-state index is -0.660. The van der Waals surface area contributed by atoms with E-state index in [1.165, 1.54) is 26.3 Å². The van der Waals surface area contributed by atoms with Crippen LogP contribution < -0.4 is 15.4 Å². The van der Waals surface area contributed by atoms with Crippen LogP contribution in [-0.4, -0.2) is 39.7 Å². The minimum absolute atomic E-state index is 0.194. The number of amides is 2. The van der Waals surface area contributed by atoms with Crippen molar-refractivity contribution < 1.29 is 19.1 Å². The Bertz CT molecular complexity index is 861. The maximum atomic E-state index is 12.2. The van der Waals surface area contributed by atoms with Crippen LogP contribution in [0.1, 0.15) is 33.4 Å². The van der Waals surface area contributed by atoms with Gasteiger partial charge in [0, 0.05) is 30.4 Å². The van der Waals surface area contributed by atoms with Gasteiger partial charge in [0.05, 0.1) is 18.5 Å². The molecule has 9 heteroatoms. The molecule has 0 aliphatic heterocycles. The van der Waals surface area contributed by atoms with Crippen LogP contribution in [0.15, 0.2) is 18.3 Å². The van der Waals surface area contributed by atoms with Crippen LogP contribution >= 0.6 is 0 Å². The van der Waals surface area contributed by atoms with E-state index >= 15 is 0 Å². The molecule has 0 saturated heterocycles. The number of hydrogen-bond acceptors (Lipinski definition) is 7. The Morgan fingerprint density at radius 1 is 1.11 bits per heavy atom. The number of anilines is 2. The Labute approximate surface area is 157 Å². The molecule has 2 aromatic rings. The average molecular weight is 373 g/mol. The molecule has 2 amide bonds. The molecule has 2 aromatic heterocycles. The van der Waals surface area contributed by atoms with E-state index in [1.807, 2.05) is 0 Å². The van der Waals surface area contributed by atoms with Gasteiger partial charge in [-0.25, -0.2) is 14.8 Å². The molecule has 0 saturated carbocycles. The van der Waals surface area contributed by atoms with Crippen molar-refractivity contribution in [3.8, 4) is 17.3 Å². The highest BCUT2D eigenvalue weighted by atomic mass is 16.6. The number of aryl methyl sites for hydroxylation is 1. The summed E-state index contributed by atoms with van der Waals surface area (Å²) in [7, 11) is 1.47. The summed E-state index contributed by atoms with van der Waals surface area (Å²) in [5.41, 5.74) is 1.44. The molecule has 2 heterocycles. The molecule has 0 radical (unpaired) electrons. The lowest BCUT2D eigenvalue weighted by molar-refractivity contribution is -0.114. The third-order valence-electron chi connectivity index (χ3n) is 3.14. The Balaban J connectivity index is 2.48. The Morgan fingerprint density at radius 2 is 1.81 bits per heavy atom. The summed E-state index contributed by atoms with van der Waals surface area (Å²) in [5.74, 6) is 0.00747. The van der Waals surface area contributed by atoms with E-state index in [1.54, 1.807) is 33.8 Å². The van der Waals surface area contributed by atoms with Crippen LogP contribution in [0.4, 0.5) is 16.3 Å². The summed E-state index contributed by atoms with van der Waals surface area (Å²) in [6.45, 7) is 8.47. The molecule has 2 rings (SSSR count). The molecule has 0 unspecified atom stereocenters. The third-order valence-corrected chi connectivity index (χ3v) is 3.14. The first-order valence-electron chi connectivity index (χ1n) is 8.25. The topological polar surface area (TPSA) is 115 Å². The molecular formula is C18H23N5O4. The molecule has 9 nitrogen and oxygen atoms in total. The maximum Gasteiger partial charge on any atom is 0.412 e. The molecule has 0 aliphatic carbocycles. The molecule has 27 heavy (non-hydrogen) atoms. The number of pyridine rings is 1. The van der Waals surface area contributed by atoms with Gasteiger partial charge in [-0.3, -0.25) is 10.1 Å². The highest BCUT2D eigenvalue weighted by molar-refractivity contribution is 5.94. The third kappa shape index (κ3) is 5.91. The molecule has 0 fully saturated rings. The summed E-state index contributed by atoms with van der Waals surface area (Å²) in [5, 5.41) is 5.26. The predicted molar refractivity (Wildman–Crippen MR) is 101 cm³/mol. The van der Waals surface area contributed by atoms with E-state index in [2.05, 4.69) is 25.6 Å². The SMILES string of the molecule is COc1nc(C)cc(-c2cnc(NC(C)=O)cc2NC(=O)OC(C)(C)C)n1. The fourth-order valence-corrected chi connectivity index (χ4v) is 2.20. The van der Waals surface area contributed by atoms with Gasteiger partial charge in [0.25, 0.3) is 0 Å². The second-order valence-electron chi connectivity index (χ2n) is 6.80. The summed E-state index contributed by atoms with van der Waals surface area (Å²) in [6.07, 6.45) is 0.862. The summed E-state index contributed by atoms with van der Waals surface area (Å²) in [6, 6.07) is 3.46. The molecule has 0 spiro atoms. The first-order valence-corrected chi connectivity index (χ1v) is 8.25. The van der Waals surface area contributed by atoms with Crippen molar-refractivity contribution in [1.29, 1.82) is 0 Å². The molecule has 0 atom stereocenters. The van der Waals surface area contributed by atoms with Gasteiger partial charge in [-0.15, -0.1) is 0 Å². The number of hydrogen-bond donors (Lipinski definition) is 2. The Morgan fingerprint density at radius 3 is 2.41 bits per heavy atom. The number of carbonyl (C=O) groups is 2. The normalized spacial score (nSPS) is 10.9. The van der Waals surface area contributed by atoms with Crippen molar-refractivity contribution in [3.63, 3.8) is 0 Å². The van der Waals surface area contributed by atoms with Crippen LogP contribution in [-0.2, 0) is 9.53 Å². The maximum absolute atomic E-state index is 12.2. The lowest BCUT2D eigenvalue weighted by Gasteiger charge is -2.20. The monoisotopic (exact) mass is 373 g/mol. The molecule has 0 aliphatic rings. The first kappa shape index (κ1) is 20.1. The van der Waals surface area contributed by atoms with Crippen molar-refractivity contribution in [2.75, 3.05) is 17.7 Å². The van der Waals surface area contributed by atoms with Crippen molar-refractivity contribution in [2.24, 2.45) is 0 Å². The summed E-state index contributed by atoms with van der Waals surface area (Å²) >= 11 is 0. The Hall–Kier alpha value is -3.23. The largest absolute Gasteiger partial charge is 0.467 e. The Kier molecular flexibility index (Phi) is 5.94. The standard InChI is InChI=1S/C18H23N5O4/c1-10-7-13(22-16(20-10)26-6)12-9-19-15(21-11(2)24)8-14(12)23-17(25)27-18(3,4)5/h7-9H,1-6H3,(H2,19,21,23,24,25). The average Bonchev–Trinajstić information content (AvgIpc) is 2.52. The fraction of sp³-hybridized carbons (Fsp3) is 0.389. The number of methoxy groups -OCH3 is 1.